The number of ether oxygens (including phenoxy) is 1. The molecule has 0 bridgehead atoms. The van der Waals surface area contributed by atoms with Crippen LogP contribution in [0.1, 0.15) is 16.8 Å². The van der Waals surface area contributed by atoms with Crippen LogP contribution in [0.15, 0.2) is 18.2 Å². The first-order valence-electron chi connectivity index (χ1n) is 5.81. The van der Waals surface area contributed by atoms with Crippen molar-refractivity contribution in [3.63, 3.8) is 0 Å². The lowest BCUT2D eigenvalue weighted by molar-refractivity contribution is -0.137. The summed E-state index contributed by atoms with van der Waals surface area (Å²) in [7, 11) is 3.16. The van der Waals surface area contributed by atoms with Crippen LogP contribution in [0.25, 0.3) is 0 Å². The lowest BCUT2D eigenvalue weighted by atomic mass is 10.1. The highest BCUT2D eigenvalue weighted by Gasteiger charge is 2.11. The first-order chi connectivity index (χ1) is 8.93. The number of hydrogen-bond acceptors (Lipinski definition) is 5. The van der Waals surface area contributed by atoms with Crippen molar-refractivity contribution in [1.82, 2.24) is 4.90 Å². The standard InChI is InChI=1S/C13H18N2O4/c1-15(8-13(17)18)6-5-11(16)9-3-4-12(19-2)10(14)7-9/h3-4,7H,5-6,8,14H2,1-2H3,(H,17,18). The summed E-state index contributed by atoms with van der Waals surface area (Å²) in [5.74, 6) is -0.463. The molecule has 0 fully saturated rings. The number of methoxy groups -OCH3 is 1. The topological polar surface area (TPSA) is 92.9 Å². The Labute approximate surface area is 111 Å². The molecule has 3 N–H and O–H groups in total. The van der Waals surface area contributed by atoms with Crippen molar-refractivity contribution >= 4 is 17.4 Å². The highest BCUT2D eigenvalue weighted by molar-refractivity contribution is 5.97. The van der Waals surface area contributed by atoms with Gasteiger partial charge in [0.15, 0.2) is 5.78 Å². The van der Waals surface area contributed by atoms with Gasteiger partial charge in [0.25, 0.3) is 0 Å². The van der Waals surface area contributed by atoms with Gasteiger partial charge in [0.05, 0.1) is 19.3 Å². The molecular formula is C13H18N2O4. The fourth-order valence-corrected chi connectivity index (χ4v) is 1.65. The number of ketones is 1. The van der Waals surface area contributed by atoms with Crippen LogP contribution in [0.5, 0.6) is 5.75 Å². The minimum atomic E-state index is -0.913. The number of anilines is 1. The van der Waals surface area contributed by atoms with Gasteiger partial charge in [-0.15, -0.1) is 0 Å². The van der Waals surface area contributed by atoms with Gasteiger partial charge < -0.3 is 15.6 Å². The Bertz CT molecular complexity index is 474. The van der Waals surface area contributed by atoms with E-state index in [4.69, 9.17) is 15.6 Å². The SMILES string of the molecule is COc1ccc(C(=O)CCN(C)CC(=O)O)cc1N. The zero-order valence-corrected chi connectivity index (χ0v) is 11.0. The Morgan fingerprint density at radius 2 is 2.11 bits per heavy atom. The normalized spacial score (nSPS) is 10.5. The number of carbonyl (C=O) groups is 2. The molecule has 0 aromatic heterocycles. The van der Waals surface area contributed by atoms with Crippen LogP contribution in [0, 0.1) is 0 Å². The maximum absolute atomic E-state index is 11.9. The lowest BCUT2D eigenvalue weighted by Gasteiger charge is -2.13. The summed E-state index contributed by atoms with van der Waals surface area (Å²) in [6.45, 7) is 0.301. The van der Waals surface area contributed by atoms with E-state index in [9.17, 15) is 9.59 Å². The zero-order valence-electron chi connectivity index (χ0n) is 11.0. The van der Waals surface area contributed by atoms with Gasteiger partial charge >= 0.3 is 5.97 Å². The Balaban J connectivity index is 2.59. The van der Waals surface area contributed by atoms with Gasteiger partial charge in [-0.25, -0.2) is 0 Å². The van der Waals surface area contributed by atoms with E-state index in [-0.39, 0.29) is 18.7 Å². The average Bonchev–Trinajstić information content (AvgIpc) is 2.35. The summed E-state index contributed by atoms with van der Waals surface area (Å²) in [6.07, 6.45) is 0.246. The zero-order chi connectivity index (χ0) is 14.4. The molecule has 19 heavy (non-hydrogen) atoms. The van der Waals surface area contributed by atoms with Crippen molar-refractivity contribution in [3.05, 3.63) is 23.8 Å². The van der Waals surface area contributed by atoms with Crippen molar-refractivity contribution in [2.45, 2.75) is 6.42 Å². The van der Waals surface area contributed by atoms with E-state index in [0.717, 1.165) is 0 Å². The summed E-state index contributed by atoms with van der Waals surface area (Å²) >= 11 is 0. The number of likely N-dealkylation sites (N-methyl/N-ethyl adjacent to an activating group) is 1. The molecular weight excluding hydrogens is 248 g/mol. The van der Waals surface area contributed by atoms with E-state index < -0.39 is 5.97 Å². The molecule has 0 spiro atoms. The number of benzene rings is 1. The quantitative estimate of drug-likeness (QED) is 0.562. The number of carboxylic acid groups (broad SMARTS) is 1. The third-order valence-corrected chi connectivity index (χ3v) is 2.68. The van der Waals surface area contributed by atoms with E-state index in [1.54, 1.807) is 30.1 Å². The molecule has 6 nitrogen and oxygen atoms in total. The van der Waals surface area contributed by atoms with E-state index in [2.05, 4.69) is 0 Å². The molecule has 0 atom stereocenters. The Hall–Kier alpha value is -2.08. The van der Waals surface area contributed by atoms with Gasteiger partial charge in [-0.3, -0.25) is 14.5 Å². The van der Waals surface area contributed by atoms with Gasteiger partial charge in [0, 0.05) is 18.5 Å². The van der Waals surface area contributed by atoms with E-state index in [0.29, 0.717) is 23.5 Å². The molecule has 1 aromatic rings. The number of hydrogen-bond donors (Lipinski definition) is 2. The van der Waals surface area contributed by atoms with Crippen LogP contribution in [-0.2, 0) is 4.79 Å². The third kappa shape index (κ3) is 4.59. The molecule has 0 radical (unpaired) electrons. The van der Waals surface area contributed by atoms with Gasteiger partial charge in [0.1, 0.15) is 5.75 Å². The highest BCUT2D eigenvalue weighted by Crippen LogP contribution is 2.22. The molecule has 0 saturated carbocycles. The maximum Gasteiger partial charge on any atom is 0.317 e. The molecule has 0 unspecified atom stereocenters. The Morgan fingerprint density at radius 3 is 2.63 bits per heavy atom. The minimum absolute atomic E-state index is 0.0772. The number of Topliss-reactive ketones (excluding diaryl/α,β-unsaturated/α-hetero) is 1. The van der Waals surface area contributed by atoms with Crippen LogP contribution in [-0.4, -0.2) is 49.0 Å². The molecule has 0 heterocycles. The number of aliphatic carboxylic acids is 1. The number of nitrogens with zero attached hydrogens (tertiary/aromatic N) is 1. The predicted molar refractivity (Wildman–Crippen MR) is 71.5 cm³/mol. The Morgan fingerprint density at radius 1 is 1.42 bits per heavy atom. The fraction of sp³-hybridized carbons (Fsp3) is 0.385. The van der Waals surface area contributed by atoms with Crippen molar-refractivity contribution in [2.75, 3.05) is 33.0 Å². The average molecular weight is 266 g/mol. The van der Waals surface area contributed by atoms with E-state index >= 15 is 0 Å². The number of rotatable bonds is 7. The van der Waals surface area contributed by atoms with Crippen LogP contribution >= 0.6 is 0 Å². The van der Waals surface area contributed by atoms with Crippen molar-refractivity contribution in [1.29, 1.82) is 0 Å². The van der Waals surface area contributed by atoms with Gasteiger partial charge in [0.2, 0.25) is 0 Å². The fourth-order valence-electron chi connectivity index (χ4n) is 1.65. The van der Waals surface area contributed by atoms with Gasteiger partial charge in [-0.2, -0.15) is 0 Å². The van der Waals surface area contributed by atoms with Crippen LogP contribution in [0.4, 0.5) is 5.69 Å². The van der Waals surface area contributed by atoms with E-state index in [1.807, 2.05) is 0 Å². The summed E-state index contributed by atoms with van der Waals surface area (Å²) in [5.41, 5.74) is 6.64. The molecule has 1 rings (SSSR count). The van der Waals surface area contributed by atoms with Crippen LogP contribution < -0.4 is 10.5 Å². The second kappa shape index (κ2) is 6.75. The second-order valence-electron chi connectivity index (χ2n) is 4.26. The van der Waals surface area contributed by atoms with Gasteiger partial charge in [-0.1, -0.05) is 0 Å². The summed E-state index contributed by atoms with van der Waals surface area (Å²) in [6, 6.07) is 4.86. The van der Waals surface area contributed by atoms with E-state index in [1.165, 1.54) is 7.11 Å². The largest absolute Gasteiger partial charge is 0.495 e. The van der Waals surface area contributed by atoms with Crippen LogP contribution in [0.2, 0.25) is 0 Å². The number of carbonyl (C=O) groups excluding carboxylic acids is 1. The smallest absolute Gasteiger partial charge is 0.317 e. The van der Waals surface area contributed by atoms with Crippen LogP contribution in [0.3, 0.4) is 0 Å². The van der Waals surface area contributed by atoms with Crippen molar-refractivity contribution < 1.29 is 19.4 Å². The number of nitrogen functional groups attached to an aromatic ring is 1. The molecule has 0 saturated heterocycles. The predicted octanol–water partition coefficient (Wildman–Crippen LogP) is 0.867. The van der Waals surface area contributed by atoms with Gasteiger partial charge in [-0.05, 0) is 25.2 Å². The minimum Gasteiger partial charge on any atom is -0.495 e. The molecule has 104 valence electrons. The Kier molecular flexibility index (Phi) is 5.32. The summed E-state index contributed by atoms with van der Waals surface area (Å²) in [5, 5.41) is 8.60. The third-order valence-electron chi connectivity index (χ3n) is 2.68. The molecule has 1 aromatic carbocycles. The second-order valence-corrected chi connectivity index (χ2v) is 4.26. The monoisotopic (exact) mass is 266 g/mol. The number of nitrogens with two attached hydrogens (primary N) is 1. The van der Waals surface area contributed by atoms with Crippen molar-refractivity contribution in [3.8, 4) is 5.75 Å². The highest BCUT2D eigenvalue weighted by atomic mass is 16.5. The molecule has 0 aliphatic carbocycles. The number of carboxylic acids is 1. The molecule has 0 amide bonds. The first-order valence-corrected chi connectivity index (χ1v) is 5.81. The maximum atomic E-state index is 11.9. The molecule has 0 aliphatic heterocycles. The first kappa shape index (κ1) is 15.0. The molecule has 6 heteroatoms. The lowest BCUT2D eigenvalue weighted by Crippen LogP contribution is -2.27. The summed E-state index contributed by atoms with van der Waals surface area (Å²) < 4.78 is 5.01. The summed E-state index contributed by atoms with van der Waals surface area (Å²) in [4.78, 5) is 24.0. The molecule has 0 aliphatic rings. The van der Waals surface area contributed by atoms with Crippen molar-refractivity contribution in [2.24, 2.45) is 0 Å².